The number of carboxylic acids is 1. The van der Waals surface area contributed by atoms with E-state index >= 15 is 0 Å². The van der Waals surface area contributed by atoms with Crippen molar-refractivity contribution in [2.24, 2.45) is 34.8 Å². The Morgan fingerprint density at radius 2 is 0.847 bits per heavy atom. The van der Waals surface area contributed by atoms with E-state index in [0.717, 1.165) is 0 Å². The second kappa shape index (κ2) is 53.7. The van der Waals surface area contributed by atoms with Gasteiger partial charge in [-0.15, -0.1) is 0 Å². The monoisotopic (exact) mass is 1700 g/mol. The molecule has 0 aliphatic carbocycles. The molecule has 0 fully saturated rings. The molecule has 0 unspecified atom stereocenters. The number of carboxylic acid groups (broad SMARTS) is 1. The van der Waals surface area contributed by atoms with Crippen molar-refractivity contribution in [3.63, 3.8) is 0 Å². The molecule has 14 amide bonds. The summed E-state index contributed by atoms with van der Waals surface area (Å²) in [7, 11) is 0. The summed E-state index contributed by atoms with van der Waals surface area (Å²) in [5.41, 5.74) is 23.0. The lowest BCUT2D eigenvalue weighted by atomic mass is 9.96. The van der Waals surface area contributed by atoms with E-state index < -0.39 is 228 Å². The first kappa shape index (κ1) is 103. The molecule has 0 heterocycles. The third-order valence-corrected chi connectivity index (χ3v) is 18.8. The second-order valence-corrected chi connectivity index (χ2v) is 29.9. The van der Waals surface area contributed by atoms with E-state index in [4.69, 9.17) is 39.2 Å². The van der Waals surface area contributed by atoms with Crippen LogP contribution >= 0.6 is 25.3 Å². The van der Waals surface area contributed by atoms with Gasteiger partial charge in [-0.3, -0.25) is 88.1 Å². The molecular weight excluding hydrogens is 1580 g/mol. The minimum absolute atomic E-state index is 0.00304. The lowest BCUT2D eigenvalue weighted by Gasteiger charge is -2.32. The Morgan fingerprint density at radius 1 is 0.449 bits per heavy atom. The normalized spacial score (nSPS) is 14.8. The van der Waals surface area contributed by atoms with Gasteiger partial charge >= 0.3 is 5.97 Å². The van der Waals surface area contributed by atoms with Crippen LogP contribution in [0.25, 0.3) is 0 Å². The van der Waals surface area contributed by atoms with E-state index in [0.29, 0.717) is 23.8 Å². The van der Waals surface area contributed by atoms with Gasteiger partial charge in [-0.05, 0) is 82.3 Å². The van der Waals surface area contributed by atoms with Gasteiger partial charge in [0.05, 0.1) is 38.8 Å². The fourth-order valence-corrected chi connectivity index (χ4v) is 11.5. The highest BCUT2D eigenvalue weighted by molar-refractivity contribution is 7.81. The number of rotatable bonds is 55. The van der Waals surface area contributed by atoms with Crippen molar-refractivity contribution < 1.29 is 92.0 Å². The molecular formula is C73H118N24O19S2. The lowest BCUT2D eigenvalue weighted by molar-refractivity contribution is -0.142. The SMILES string of the molecule is CC[C@H](C)[C@H](NC(=O)[C@H](CCCNC(=N)N)NC(=O)CNC(=O)CNC(=O)[C@H](Cc1ccccc1)NC(=O)[C@@H](C)NC(=O)[C@@H](NC(=O)[C@H](CO)NC(=O)[C@@H](N)CO)C(C)(C)S)C(=O)N[C@@H](CC(=O)O)C(=O)N[C@@H](CCCNC(=N)N)C(=O)N[C@H](C(=O)N[C@@H](CS)C(=O)N[C@@H](Cc1ccccc1)C(=O)N[C@H](C=O)CCCNC(=N)N)[C@@H](C)CC. The Kier molecular flexibility index (Phi) is 46.7. The van der Waals surface area contributed by atoms with Gasteiger partial charge in [0.15, 0.2) is 17.9 Å². The van der Waals surface area contributed by atoms with Crippen LogP contribution in [0.3, 0.4) is 0 Å². The molecule has 2 aromatic rings. The number of aliphatic carboxylic acids is 1. The first-order chi connectivity index (χ1) is 55.6. The Morgan fingerprint density at radius 3 is 1.29 bits per heavy atom. The summed E-state index contributed by atoms with van der Waals surface area (Å²) >= 11 is 8.74. The number of aliphatic hydroxyl groups excluding tert-OH is 2. The quantitative estimate of drug-likeness (QED) is 0.00962. The van der Waals surface area contributed by atoms with Crippen LogP contribution in [0.4, 0.5) is 0 Å². The second-order valence-electron chi connectivity index (χ2n) is 28.4. The number of nitrogens with two attached hydrogens (primary N) is 4. The molecule has 31 N–H and O–H groups in total. The zero-order valence-corrected chi connectivity index (χ0v) is 68.8. The van der Waals surface area contributed by atoms with E-state index in [-0.39, 0.29) is 89.1 Å². The number of guanidine groups is 3. The first-order valence-corrected chi connectivity index (χ1v) is 39.2. The zero-order valence-electron chi connectivity index (χ0n) is 67.0. The van der Waals surface area contributed by atoms with Crippen molar-refractivity contribution in [1.82, 2.24) is 90.4 Å². The molecule has 15 atom stereocenters. The molecule has 0 bridgehead atoms. The molecule has 0 aliphatic rings. The molecule has 0 saturated heterocycles. The summed E-state index contributed by atoms with van der Waals surface area (Å²) in [6.45, 7) is 7.43. The van der Waals surface area contributed by atoms with E-state index in [1.54, 1.807) is 81.4 Å². The van der Waals surface area contributed by atoms with Crippen molar-refractivity contribution in [2.45, 2.75) is 202 Å². The first-order valence-electron chi connectivity index (χ1n) is 38.1. The highest BCUT2D eigenvalue weighted by Crippen LogP contribution is 2.20. The average Bonchev–Trinajstić information content (AvgIpc) is 0.849. The fourth-order valence-electron chi connectivity index (χ4n) is 11.1. The van der Waals surface area contributed by atoms with Gasteiger partial charge in [0.2, 0.25) is 82.7 Å². The van der Waals surface area contributed by atoms with Crippen LogP contribution in [0.5, 0.6) is 0 Å². The van der Waals surface area contributed by atoms with Gasteiger partial charge in [-0.1, -0.05) is 101 Å². The van der Waals surface area contributed by atoms with E-state index in [1.807, 2.05) is 0 Å². The van der Waals surface area contributed by atoms with E-state index in [9.17, 15) is 92.0 Å². The number of carbonyl (C=O) groups excluding carboxylic acids is 15. The minimum Gasteiger partial charge on any atom is -0.481 e. The number of hydrogen-bond acceptors (Lipinski definition) is 24. The van der Waals surface area contributed by atoms with Crippen LogP contribution in [0.2, 0.25) is 0 Å². The van der Waals surface area contributed by atoms with Crippen molar-refractivity contribution in [3.8, 4) is 0 Å². The Bertz CT molecular complexity index is 3740. The number of nitrogens with one attached hydrogen (secondary N) is 20. The largest absolute Gasteiger partial charge is 0.481 e. The highest BCUT2D eigenvalue weighted by atomic mass is 32.1. The zero-order chi connectivity index (χ0) is 88.9. The number of hydrogen-bond donors (Lipinski definition) is 29. The summed E-state index contributed by atoms with van der Waals surface area (Å²) in [5.74, 6) is -18.3. The van der Waals surface area contributed by atoms with Crippen LogP contribution < -0.4 is 113 Å². The van der Waals surface area contributed by atoms with Gasteiger partial charge in [0.25, 0.3) is 0 Å². The molecule has 45 heteroatoms. The molecule has 0 spiro atoms. The molecule has 43 nitrogen and oxygen atoms in total. The number of thiol groups is 2. The predicted octanol–water partition coefficient (Wildman–Crippen LogP) is -7.95. The number of amides is 14. The molecule has 118 heavy (non-hydrogen) atoms. The number of carbonyl (C=O) groups is 16. The topological polar surface area (TPSA) is 714 Å². The number of aliphatic hydroxyl groups is 2. The van der Waals surface area contributed by atoms with Crippen molar-refractivity contribution in [3.05, 3.63) is 71.8 Å². The minimum atomic E-state index is -1.99. The summed E-state index contributed by atoms with van der Waals surface area (Å²) < 4.78 is -1.35. The van der Waals surface area contributed by atoms with E-state index in [1.165, 1.54) is 27.7 Å². The van der Waals surface area contributed by atoms with Gasteiger partial charge in [0, 0.05) is 43.0 Å². The highest BCUT2D eigenvalue weighted by Gasteiger charge is 2.40. The molecule has 2 aromatic carbocycles. The molecule has 0 aliphatic heterocycles. The van der Waals surface area contributed by atoms with Gasteiger partial charge in [0.1, 0.15) is 78.8 Å². The number of aldehydes is 1. The van der Waals surface area contributed by atoms with Crippen LogP contribution in [0.1, 0.15) is 117 Å². The average molecular weight is 1700 g/mol. The maximum absolute atomic E-state index is 14.6. The standard InChI is InChI=1S/C73H118N24O19S2/c1-8-38(3)55(95-61(108)45(24-17-27-82-71(77)78)88-53(102)33-84-52(101)32-85-60(107)47(29-41-19-12-10-13-20-41)90-58(105)40(5)86-69(116)57(73(6,7)118)97-65(112)50(36-100)93-59(106)44(74)35-99)67(114)92-49(31-54(103)104)64(111)89-46(25-18-28-83-72(79)80)62(109)96-56(39(4)9-2)68(115)94-51(37-117)66(113)91-48(30-42-21-14-11-15-22-42)63(110)87-43(34-98)23-16-26-81-70(75)76/h10-15,19-22,34,38-40,43-51,55-57,99-100,117-118H,8-9,16-18,23-33,35-37,74H2,1-7H3,(H,84,101)(H,85,107)(H,86,116)(H,87,110)(H,88,102)(H,89,111)(H,90,105)(H,91,113)(H,92,114)(H,93,106)(H,94,115)(H,95,108)(H,96,109)(H,97,112)(H,103,104)(H4,75,76,81)(H4,77,78,82)(H4,79,80,83)/t38-,39-,40+,43-,44-,45-,46-,47-,48-,49-,50-,51-,55-,56-,57+/m0/s1. The number of benzene rings is 2. The lowest BCUT2D eigenvalue weighted by Crippen LogP contribution is -2.63. The van der Waals surface area contributed by atoms with Gasteiger partial charge in [-0.25, -0.2) is 0 Å². The summed E-state index contributed by atoms with van der Waals surface area (Å²) in [5, 5.41) is 94.0. The smallest absolute Gasteiger partial charge is 0.305 e. The third-order valence-electron chi connectivity index (χ3n) is 18.2. The predicted molar refractivity (Wildman–Crippen MR) is 439 cm³/mol. The summed E-state index contributed by atoms with van der Waals surface area (Å²) in [4.78, 5) is 218. The molecule has 0 aromatic heterocycles. The third kappa shape index (κ3) is 39.0. The van der Waals surface area contributed by atoms with Crippen LogP contribution in [-0.2, 0) is 89.6 Å². The van der Waals surface area contributed by atoms with Gasteiger partial charge in [-0.2, -0.15) is 25.3 Å². The van der Waals surface area contributed by atoms with Crippen molar-refractivity contribution >= 4 is 138 Å². The fraction of sp³-hybridized carbons (Fsp3) is 0.575. The van der Waals surface area contributed by atoms with Crippen LogP contribution in [-0.4, -0.2) is 263 Å². The van der Waals surface area contributed by atoms with Crippen molar-refractivity contribution in [2.75, 3.05) is 51.7 Å². The molecule has 0 saturated carbocycles. The maximum Gasteiger partial charge on any atom is 0.305 e. The molecule has 2 rings (SSSR count). The summed E-state index contributed by atoms with van der Waals surface area (Å²) in [6, 6.07) is -2.54. The molecule has 0 radical (unpaired) electrons. The summed E-state index contributed by atoms with van der Waals surface area (Å²) in [6.07, 6.45) is -0.385. The van der Waals surface area contributed by atoms with Crippen LogP contribution in [0.15, 0.2) is 60.7 Å². The maximum atomic E-state index is 14.6. The van der Waals surface area contributed by atoms with Gasteiger partial charge < -0.3 is 133 Å². The Labute approximate surface area is 694 Å². The molecule has 656 valence electrons. The van der Waals surface area contributed by atoms with E-state index in [2.05, 4.69) is 116 Å². The van der Waals surface area contributed by atoms with Crippen molar-refractivity contribution in [1.29, 1.82) is 16.2 Å². The van der Waals surface area contributed by atoms with Crippen LogP contribution in [0, 0.1) is 28.1 Å². The Balaban J connectivity index is 2.39. The Hall–Kier alpha value is -11.5.